The number of halogens is 2. The molecule has 0 aliphatic carbocycles. The molecular formula is C13H12F2N2O3. The number of hydrogen-bond donors (Lipinski definition) is 1. The van der Waals surface area contributed by atoms with Gasteiger partial charge in [-0.1, -0.05) is 12.1 Å². The molecule has 0 aliphatic rings. The van der Waals surface area contributed by atoms with E-state index in [4.69, 9.17) is 4.74 Å². The highest BCUT2D eigenvalue weighted by Gasteiger charge is 2.18. The van der Waals surface area contributed by atoms with Crippen LogP contribution in [0.4, 0.5) is 8.78 Å². The minimum Gasteiger partial charge on any atom is -0.480 e. The summed E-state index contributed by atoms with van der Waals surface area (Å²) in [7, 11) is 1.42. The van der Waals surface area contributed by atoms with Gasteiger partial charge in [-0.25, -0.2) is 4.98 Å². The number of aromatic nitrogens is 2. The summed E-state index contributed by atoms with van der Waals surface area (Å²) in [5.74, 6) is 0.218. The fraction of sp³-hybridized carbons (Fsp3) is 0.231. The van der Waals surface area contributed by atoms with Crippen molar-refractivity contribution >= 4 is 0 Å². The third kappa shape index (κ3) is 3.18. The lowest BCUT2D eigenvalue weighted by Crippen LogP contribution is -2.06. The van der Waals surface area contributed by atoms with Crippen LogP contribution in [0.5, 0.6) is 11.6 Å². The summed E-state index contributed by atoms with van der Waals surface area (Å²) in [6.45, 7) is -2.88. The third-order valence-corrected chi connectivity index (χ3v) is 2.56. The van der Waals surface area contributed by atoms with Gasteiger partial charge in [0.05, 0.1) is 7.11 Å². The van der Waals surface area contributed by atoms with E-state index in [0.29, 0.717) is 5.56 Å². The lowest BCUT2D eigenvalue weighted by Gasteiger charge is -2.13. The molecule has 1 aromatic heterocycles. The van der Waals surface area contributed by atoms with E-state index in [9.17, 15) is 13.9 Å². The van der Waals surface area contributed by atoms with Crippen LogP contribution >= 0.6 is 0 Å². The molecule has 0 bridgehead atoms. The van der Waals surface area contributed by atoms with E-state index in [1.54, 1.807) is 0 Å². The van der Waals surface area contributed by atoms with Crippen LogP contribution in [0, 0.1) is 0 Å². The zero-order chi connectivity index (χ0) is 14.5. The van der Waals surface area contributed by atoms with E-state index >= 15 is 0 Å². The minimum absolute atomic E-state index is 0.0158. The lowest BCUT2D eigenvalue weighted by atomic mass is 10.1. The topological polar surface area (TPSA) is 64.5 Å². The Balaban J connectivity index is 2.22. The molecule has 2 rings (SSSR count). The van der Waals surface area contributed by atoms with Crippen LogP contribution in [0.1, 0.15) is 17.4 Å². The molecule has 1 heterocycles. The van der Waals surface area contributed by atoms with E-state index < -0.39 is 12.7 Å². The van der Waals surface area contributed by atoms with Crippen LogP contribution in [-0.2, 0) is 0 Å². The zero-order valence-corrected chi connectivity index (χ0v) is 10.5. The average Bonchev–Trinajstić information content (AvgIpc) is 2.46. The third-order valence-electron chi connectivity index (χ3n) is 2.56. The van der Waals surface area contributed by atoms with E-state index in [1.165, 1.54) is 43.8 Å². The summed E-state index contributed by atoms with van der Waals surface area (Å²) in [6, 6.07) is 5.62. The number of methoxy groups -OCH3 is 1. The molecule has 0 spiro atoms. The summed E-state index contributed by atoms with van der Waals surface area (Å²) in [4.78, 5) is 7.94. The van der Waals surface area contributed by atoms with Crippen molar-refractivity contribution in [1.82, 2.24) is 9.97 Å². The zero-order valence-electron chi connectivity index (χ0n) is 10.5. The van der Waals surface area contributed by atoms with Gasteiger partial charge in [-0.3, -0.25) is 4.98 Å². The number of nitrogens with zero attached hydrogens (tertiary/aromatic N) is 2. The SMILES string of the molecule is COc1nccnc1C(O)c1ccc(OC(F)F)cc1. The second kappa shape index (κ2) is 6.25. The minimum atomic E-state index is -2.88. The molecule has 106 valence electrons. The summed E-state index contributed by atoms with van der Waals surface area (Å²) in [6.07, 6.45) is 1.79. The highest BCUT2D eigenvalue weighted by Crippen LogP contribution is 2.27. The van der Waals surface area contributed by atoms with E-state index in [-0.39, 0.29) is 17.3 Å². The van der Waals surface area contributed by atoms with Gasteiger partial charge in [-0.2, -0.15) is 8.78 Å². The van der Waals surface area contributed by atoms with E-state index in [1.807, 2.05) is 0 Å². The number of alkyl halides is 2. The van der Waals surface area contributed by atoms with Crippen molar-refractivity contribution in [1.29, 1.82) is 0 Å². The second-order valence-corrected chi connectivity index (χ2v) is 3.80. The Hall–Kier alpha value is -2.28. The highest BCUT2D eigenvalue weighted by atomic mass is 19.3. The molecule has 5 nitrogen and oxygen atoms in total. The Morgan fingerprint density at radius 3 is 2.35 bits per heavy atom. The van der Waals surface area contributed by atoms with Gasteiger partial charge in [-0.05, 0) is 17.7 Å². The summed E-state index contributed by atoms with van der Waals surface area (Å²) in [5.41, 5.74) is 0.711. The van der Waals surface area contributed by atoms with Crippen molar-refractivity contribution < 1.29 is 23.4 Å². The average molecular weight is 282 g/mol. The summed E-state index contributed by atoms with van der Waals surface area (Å²) < 4.78 is 33.3. The fourth-order valence-electron chi connectivity index (χ4n) is 1.67. The maximum Gasteiger partial charge on any atom is 0.387 e. The molecule has 1 unspecified atom stereocenters. The molecular weight excluding hydrogens is 270 g/mol. The van der Waals surface area contributed by atoms with Gasteiger partial charge in [0.2, 0.25) is 5.88 Å². The van der Waals surface area contributed by atoms with Crippen LogP contribution in [0.25, 0.3) is 0 Å². The first kappa shape index (κ1) is 14.1. The van der Waals surface area contributed by atoms with Gasteiger partial charge in [0.25, 0.3) is 0 Å². The maximum atomic E-state index is 12.0. The first-order valence-electron chi connectivity index (χ1n) is 5.69. The molecule has 0 fully saturated rings. The van der Waals surface area contributed by atoms with Crippen LogP contribution < -0.4 is 9.47 Å². The second-order valence-electron chi connectivity index (χ2n) is 3.80. The van der Waals surface area contributed by atoms with Gasteiger partial charge in [0, 0.05) is 12.4 Å². The maximum absolute atomic E-state index is 12.0. The summed E-state index contributed by atoms with van der Waals surface area (Å²) >= 11 is 0. The number of benzene rings is 1. The number of ether oxygens (including phenoxy) is 2. The molecule has 0 radical (unpaired) electrons. The van der Waals surface area contributed by atoms with Gasteiger partial charge >= 0.3 is 6.61 Å². The first-order chi connectivity index (χ1) is 9.61. The Bertz CT molecular complexity index is 564. The Morgan fingerprint density at radius 1 is 1.10 bits per heavy atom. The monoisotopic (exact) mass is 282 g/mol. The Morgan fingerprint density at radius 2 is 1.75 bits per heavy atom. The molecule has 0 amide bonds. The molecule has 0 saturated heterocycles. The van der Waals surface area contributed by atoms with E-state index in [2.05, 4.69) is 14.7 Å². The predicted molar refractivity (Wildman–Crippen MR) is 65.7 cm³/mol. The normalized spacial score (nSPS) is 12.2. The molecule has 0 saturated carbocycles. The van der Waals surface area contributed by atoms with Crippen LogP contribution in [-0.4, -0.2) is 28.8 Å². The summed E-state index contributed by atoms with van der Waals surface area (Å²) in [5, 5.41) is 10.2. The Kier molecular flexibility index (Phi) is 4.41. The lowest BCUT2D eigenvalue weighted by molar-refractivity contribution is -0.0498. The van der Waals surface area contributed by atoms with Crippen molar-refractivity contribution in [3.05, 3.63) is 47.9 Å². The van der Waals surface area contributed by atoms with E-state index in [0.717, 1.165) is 0 Å². The van der Waals surface area contributed by atoms with Gasteiger partial charge < -0.3 is 14.6 Å². The molecule has 20 heavy (non-hydrogen) atoms. The fourth-order valence-corrected chi connectivity index (χ4v) is 1.67. The Labute approximate surface area is 113 Å². The molecule has 7 heteroatoms. The smallest absolute Gasteiger partial charge is 0.387 e. The van der Waals surface area contributed by atoms with Crippen LogP contribution in [0.15, 0.2) is 36.7 Å². The van der Waals surface area contributed by atoms with Crippen molar-refractivity contribution in [2.24, 2.45) is 0 Å². The van der Waals surface area contributed by atoms with Crippen molar-refractivity contribution in [3.8, 4) is 11.6 Å². The molecule has 2 aromatic rings. The molecule has 1 atom stereocenters. The predicted octanol–water partition coefficient (Wildman–Crippen LogP) is 2.17. The van der Waals surface area contributed by atoms with Crippen molar-refractivity contribution in [3.63, 3.8) is 0 Å². The largest absolute Gasteiger partial charge is 0.480 e. The van der Waals surface area contributed by atoms with Gasteiger partial charge in [0.15, 0.2) is 0 Å². The van der Waals surface area contributed by atoms with Crippen LogP contribution in [0.2, 0.25) is 0 Å². The van der Waals surface area contributed by atoms with Gasteiger partial charge in [-0.15, -0.1) is 0 Å². The molecule has 1 N–H and O–H groups in total. The quantitative estimate of drug-likeness (QED) is 0.910. The standard InChI is InChI=1S/C13H12F2N2O3/c1-19-12-10(16-6-7-17-12)11(18)8-2-4-9(5-3-8)20-13(14)15/h2-7,11,13,18H,1H3. The number of aliphatic hydroxyl groups is 1. The number of aliphatic hydroxyl groups excluding tert-OH is 1. The van der Waals surface area contributed by atoms with Gasteiger partial charge in [0.1, 0.15) is 17.5 Å². The van der Waals surface area contributed by atoms with Crippen LogP contribution in [0.3, 0.4) is 0 Å². The molecule has 1 aromatic carbocycles. The first-order valence-corrected chi connectivity index (χ1v) is 5.69. The number of hydrogen-bond acceptors (Lipinski definition) is 5. The number of rotatable bonds is 5. The molecule has 0 aliphatic heterocycles. The highest BCUT2D eigenvalue weighted by molar-refractivity contribution is 5.34. The van der Waals surface area contributed by atoms with Crippen molar-refractivity contribution in [2.75, 3.05) is 7.11 Å². The van der Waals surface area contributed by atoms with Crippen molar-refractivity contribution in [2.45, 2.75) is 12.7 Å².